The first-order valence-electron chi connectivity index (χ1n) is 4.24. The molecule has 0 radical (unpaired) electrons. The summed E-state index contributed by atoms with van der Waals surface area (Å²) in [5.41, 5.74) is 4.30. The molecule has 0 aliphatic heterocycles. The van der Waals surface area contributed by atoms with E-state index < -0.39 is 5.54 Å². The standard InChI is InChI=1S/C8H13N3O2S/c1-6-4-10-7(14-6)3-8(2,5-9)11(12)13/h4H,3,5,9H2,1-2H3. The second-order valence-corrected chi connectivity index (χ2v) is 4.82. The maximum atomic E-state index is 10.8. The molecular formula is C8H13N3O2S. The predicted octanol–water partition coefficient (Wildman–Crippen LogP) is 0.988. The van der Waals surface area contributed by atoms with Gasteiger partial charge in [-0.05, 0) is 6.92 Å². The Morgan fingerprint density at radius 1 is 1.79 bits per heavy atom. The summed E-state index contributed by atoms with van der Waals surface area (Å²) < 4.78 is 0. The van der Waals surface area contributed by atoms with E-state index in [0.29, 0.717) is 6.42 Å². The number of nitrogens with two attached hydrogens (primary N) is 1. The first-order valence-corrected chi connectivity index (χ1v) is 5.05. The molecule has 5 nitrogen and oxygen atoms in total. The number of hydrogen-bond acceptors (Lipinski definition) is 5. The van der Waals surface area contributed by atoms with Crippen LogP contribution in [-0.2, 0) is 6.42 Å². The number of thiazole rings is 1. The van der Waals surface area contributed by atoms with E-state index in [1.54, 1.807) is 13.1 Å². The van der Waals surface area contributed by atoms with Gasteiger partial charge in [-0.3, -0.25) is 10.1 Å². The average Bonchev–Trinajstić information content (AvgIpc) is 2.50. The molecule has 6 heteroatoms. The highest BCUT2D eigenvalue weighted by molar-refractivity contribution is 7.11. The fraction of sp³-hybridized carbons (Fsp3) is 0.625. The number of aryl methyl sites for hydroxylation is 1. The van der Waals surface area contributed by atoms with E-state index in [4.69, 9.17) is 5.73 Å². The second-order valence-electron chi connectivity index (χ2n) is 3.50. The van der Waals surface area contributed by atoms with Crippen molar-refractivity contribution in [1.29, 1.82) is 0 Å². The van der Waals surface area contributed by atoms with Crippen molar-refractivity contribution < 1.29 is 4.92 Å². The Labute approximate surface area is 86.1 Å². The second kappa shape index (κ2) is 4.02. The van der Waals surface area contributed by atoms with Crippen molar-refractivity contribution in [2.75, 3.05) is 6.54 Å². The van der Waals surface area contributed by atoms with Gasteiger partial charge in [-0.1, -0.05) is 0 Å². The fourth-order valence-electron chi connectivity index (χ4n) is 1.02. The summed E-state index contributed by atoms with van der Waals surface area (Å²) >= 11 is 1.48. The summed E-state index contributed by atoms with van der Waals surface area (Å²) in [6, 6.07) is 0. The lowest BCUT2D eigenvalue weighted by molar-refractivity contribution is -0.561. The highest BCUT2D eigenvalue weighted by Gasteiger charge is 2.36. The number of hydrogen-bond donors (Lipinski definition) is 1. The summed E-state index contributed by atoms with van der Waals surface area (Å²) in [6.45, 7) is 3.50. The Morgan fingerprint density at radius 3 is 2.79 bits per heavy atom. The molecule has 1 heterocycles. The van der Waals surface area contributed by atoms with E-state index in [1.165, 1.54) is 11.3 Å². The van der Waals surface area contributed by atoms with Gasteiger partial charge in [0.05, 0.1) is 18.0 Å². The first kappa shape index (κ1) is 11.1. The molecule has 1 atom stereocenters. The monoisotopic (exact) mass is 215 g/mol. The Bertz CT molecular complexity index is 339. The Balaban J connectivity index is 2.80. The largest absolute Gasteiger partial charge is 0.324 e. The molecule has 0 amide bonds. The molecule has 0 aliphatic rings. The summed E-state index contributed by atoms with van der Waals surface area (Å²) in [7, 11) is 0. The third kappa shape index (κ3) is 2.27. The van der Waals surface area contributed by atoms with Crippen molar-refractivity contribution in [1.82, 2.24) is 4.98 Å². The molecule has 78 valence electrons. The van der Waals surface area contributed by atoms with Crippen LogP contribution >= 0.6 is 11.3 Å². The van der Waals surface area contributed by atoms with E-state index in [9.17, 15) is 10.1 Å². The summed E-state index contributed by atoms with van der Waals surface area (Å²) in [4.78, 5) is 15.6. The van der Waals surface area contributed by atoms with Crippen LogP contribution in [-0.4, -0.2) is 22.0 Å². The van der Waals surface area contributed by atoms with E-state index in [2.05, 4.69) is 4.98 Å². The zero-order valence-corrected chi connectivity index (χ0v) is 9.00. The summed E-state index contributed by atoms with van der Waals surface area (Å²) in [5, 5.41) is 11.5. The topological polar surface area (TPSA) is 82.0 Å². The predicted molar refractivity (Wildman–Crippen MR) is 55.0 cm³/mol. The molecule has 1 unspecified atom stereocenters. The van der Waals surface area contributed by atoms with Gasteiger partial charge in [-0.15, -0.1) is 11.3 Å². The Kier molecular flexibility index (Phi) is 3.17. The lowest BCUT2D eigenvalue weighted by Gasteiger charge is -2.16. The van der Waals surface area contributed by atoms with Crippen LogP contribution in [0.1, 0.15) is 16.8 Å². The number of nitrogens with zero attached hydrogens (tertiary/aromatic N) is 2. The lowest BCUT2D eigenvalue weighted by Crippen LogP contribution is -2.44. The van der Waals surface area contributed by atoms with Crippen LogP contribution in [0.2, 0.25) is 0 Å². The van der Waals surface area contributed by atoms with Crippen LogP contribution in [0, 0.1) is 17.0 Å². The number of nitro groups is 1. The molecule has 1 rings (SSSR count). The molecule has 0 saturated heterocycles. The molecule has 1 aromatic heterocycles. The van der Waals surface area contributed by atoms with E-state index in [1.807, 2.05) is 6.92 Å². The van der Waals surface area contributed by atoms with Gasteiger partial charge >= 0.3 is 0 Å². The fourth-order valence-corrected chi connectivity index (χ4v) is 1.99. The third-order valence-electron chi connectivity index (χ3n) is 2.08. The highest BCUT2D eigenvalue weighted by atomic mass is 32.1. The molecule has 2 N–H and O–H groups in total. The SMILES string of the molecule is Cc1cnc(CC(C)(CN)[N+](=O)[O-])s1. The molecule has 0 aliphatic carbocycles. The molecule has 0 spiro atoms. The molecule has 0 aromatic carbocycles. The highest BCUT2D eigenvalue weighted by Crippen LogP contribution is 2.19. The van der Waals surface area contributed by atoms with Crippen molar-refractivity contribution in [3.8, 4) is 0 Å². The smallest absolute Gasteiger partial charge is 0.237 e. The van der Waals surface area contributed by atoms with Gasteiger partial charge < -0.3 is 5.73 Å². The van der Waals surface area contributed by atoms with E-state index in [-0.39, 0.29) is 11.5 Å². The van der Waals surface area contributed by atoms with Gasteiger partial charge in [0.2, 0.25) is 5.54 Å². The quantitative estimate of drug-likeness (QED) is 0.599. The lowest BCUT2D eigenvalue weighted by atomic mass is 10.00. The normalized spacial score (nSPS) is 15.1. The van der Waals surface area contributed by atoms with Crippen molar-refractivity contribution in [3.05, 3.63) is 26.2 Å². The minimum atomic E-state index is -1.09. The molecule has 1 aromatic rings. The maximum Gasteiger partial charge on any atom is 0.237 e. The van der Waals surface area contributed by atoms with Crippen LogP contribution in [0.15, 0.2) is 6.20 Å². The molecule has 0 bridgehead atoms. The van der Waals surface area contributed by atoms with Gasteiger partial charge in [-0.25, -0.2) is 4.98 Å². The Hall–Kier alpha value is -1.01. The van der Waals surface area contributed by atoms with Crippen molar-refractivity contribution in [2.24, 2.45) is 5.73 Å². The van der Waals surface area contributed by atoms with Crippen LogP contribution in [0.4, 0.5) is 0 Å². The Morgan fingerprint density at radius 2 is 2.43 bits per heavy atom. The van der Waals surface area contributed by atoms with Gasteiger partial charge in [0.15, 0.2) is 0 Å². The van der Waals surface area contributed by atoms with Crippen molar-refractivity contribution in [3.63, 3.8) is 0 Å². The zero-order valence-electron chi connectivity index (χ0n) is 8.19. The first-order chi connectivity index (χ1) is 6.48. The van der Waals surface area contributed by atoms with Crippen LogP contribution in [0.25, 0.3) is 0 Å². The van der Waals surface area contributed by atoms with Crippen LogP contribution in [0.5, 0.6) is 0 Å². The van der Waals surface area contributed by atoms with Crippen LogP contribution in [0.3, 0.4) is 0 Å². The van der Waals surface area contributed by atoms with Crippen molar-refractivity contribution in [2.45, 2.75) is 25.8 Å². The molecular weight excluding hydrogens is 202 g/mol. The van der Waals surface area contributed by atoms with Gasteiger partial charge in [0, 0.05) is 22.9 Å². The minimum Gasteiger partial charge on any atom is -0.324 e. The summed E-state index contributed by atoms with van der Waals surface area (Å²) in [5.74, 6) is 0. The molecule has 0 saturated carbocycles. The van der Waals surface area contributed by atoms with Gasteiger partial charge in [0.25, 0.3) is 0 Å². The van der Waals surface area contributed by atoms with E-state index >= 15 is 0 Å². The number of rotatable bonds is 4. The average molecular weight is 215 g/mol. The van der Waals surface area contributed by atoms with Crippen LogP contribution < -0.4 is 5.73 Å². The minimum absolute atomic E-state index is 0.0264. The van der Waals surface area contributed by atoms with Gasteiger partial charge in [0.1, 0.15) is 0 Å². The third-order valence-corrected chi connectivity index (χ3v) is 2.99. The molecule has 14 heavy (non-hydrogen) atoms. The summed E-state index contributed by atoms with van der Waals surface area (Å²) in [6.07, 6.45) is 2.02. The number of aromatic nitrogens is 1. The molecule has 0 fully saturated rings. The maximum absolute atomic E-state index is 10.8. The van der Waals surface area contributed by atoms with E-state index in [0.717, 1.165) is 9.88 Å². The zero-order chi connectivity index (χ0) is 10.8. The van der Waals surface area contributed by atoms with Gasteiger partial charge in [-0.2, -0.15) is 0 Å². The van der Waals surface area contributed by atoms with Crippen molar-refractivity contribution >= 4 is 11.3 Å².